The molecule has 0 amide bonds. The molecule has 0 bridgehead atoms. The molecule has 2 rings (SSSR count). The van der Waals surface area contributed by atoms with Crippen LogP contribution in [0.4, 0.5) is 0 Å². The Kier molecular flexibility index (Phi) is 3.36. The van der Waals surface area contributed by atoms with Crippen LogP contribution in [0, 0.1) is 5.92 Å². The molecular weight excluding hydrogens is 184 g/mol. The predicted molar refractivity (Wildman–Crippen MR) is 64.8 cm³/mol. The van der Waals surface area contributed by atoms with E-state index in [1.807, 2.05) is 0 Å². The Morgan fingerprint density at radius 1 is 1.20 bits per heavy atom. The summed E-state index contributed by atoms with van der Waals surface area (Å²) in [4.78, 5) is 2.65. The Morgan fingerprint density at radius 3 is 2.20 bits per heavy atom. The van der Waals surface area contributed by atoms with Crippen molar-refractivity contribution >= 4 is 0 Å². The number of hydrogen-bond acceptors (Lipinski definition) is 2. The first-order chi connectivity index (χ1) is 7.24. The zero-order valence-corrected chi connectivity index (χ0v) is 10.3. The van der Waals surface area contributed by atoms with E-state index in [4.69, 9.17) is 5.73 Å². The molecule has 0 aromatic heterocycles. The number of nitrogens with two attached hydrogens (primary N) is 1. The second-order valence-electron chi connectivity index (χ2n) is 5.48. The SMILES string of the molecule is CCC(CN)(C1CC1)N(C)C1CCCC1. The van der Waals surface area contributed by atoms with Gasteiger partial charge in [-0.3, -0.25) is 4.90 Å². The van der Waals surface area contributed by atoms with Gasteiger partial charge >= 0.3 is 0 Å². The van der Waals surface area contributed by atoms with E-state index >= 15 is 0 Å². The van der Waals surface area contributed by atoms with E-state index < -0.39 is 0 Å². The van der Waals surface area contributed by atoms with Crippen LogP contribution in [0.3, 0.4) is 0 Å². The summed E-state index contributed by atoms with van der Waals surface area (Å²) in [7, 11) is 2.32. The van der Waals surface area contributed by atoms with Gasteiger partial charge < -0.3 is 5.73 Å². The Balaban J connectivity index is 2.08. The van der Waals surface area contributed by atoms with Crippen LogP contribution in [-0.2, 0) is 0 Å². The van der Waals surface area contributed by atoms with Gasteiger partial charge in [0.2, 0.25) is 0 Å². The zero-order chi connectivity index (χ0) is 10.9. The molecule has 2 nitrogen and oxygen atoms in total. The molecule has 0 heterocycles. The molecule has 2 aliphatic carbocycles. The summed E-state index contributed by atoms with van der Waals surface area (Å²) >= 11 is 0. The van der Waals surface area contributed by atoms with Crippen molar-refractivity contribution in [1.29, 1.82) is 0 Å². The van der Waals surface area contributed by atoms with Crippen LogP contribution in [0.15, 0.2) is 0 Å². The first kappa shape index (κ1) is 11.4. The van der Waals surface area contributed by atoms with E-state index in [-0.39, 0.29) is 0 Å². The van der Waals surface area contributed by atoms with Gasteiger partial charge in [-0.2, -0.15) is 0 Å². The minimum Gasteiger partial charge on any atom is -0.329 e. The highest BCUT2D eigenvalue weighted by molar-refractivity contribution is 5.03. The standard InChI is InChI=1S/C13H26N2/c1-3-13(10-14,11-8-9-11)15(2)12-6-4-5-7-12/h11-12H,3-10,14H2,1-2H3. The van der Waals surface area contributed by atoms with E-state index in [1.54, 1.807) is 0 Å². The summed E-state index contributed by atoms with van der Waals surface area (Å²) < 4.78 is 0. The normalized spacial score (nSPS) is 27.2. The summed E-state index contributed by atoms with van der Waals surface area (Å²) in [5.74, 6) is 0.887. The fraction of sp³-hybridized carbons (Fsp3) is 1.00. The maximum Gasteiger partial charge on any atom is 0.0357 e. The van der Waals surface area contributed by atoms with Crippen molar-refractivity contribution in [3.05, 3.63) is 0 Å². The monoisotopic (exact) mass is 210 g/mol. The van der Waals surface area contributed by atoms with Crippen molar-refractivity contribution in [1.82, 2.24) is 4.90 Å². The molecule has 0 aromatic carbocycles. The Morgan fingerprint density at radius 2 is 1.80 bits per heavy atom. The number of rotatable bonds is 5. The summed E-state index contributed by atoms with van der Waals surface area (Å²) in [6.45, 7) is 3.16. The van der Waals surface area contributed by atoms with E-state index in [0.29, 0.717) is 5.54 Å². The summed E-state index contributed by atoms with van der Waals surface area (Å²) in [5.41, 5.74) is 6.41. The molecule has 2 aliphatic rings. The van der Waals surface area contributed by atoms with Gasteiger partial charge in [0.25, 0.3) is 0 Å². The third-order valence-corrected chi connectivity index (χ3v) is 4.88. The quantitative estimate of drug-likeness (QED) is 0.755. The lowest BCUT2D eigenvalue weighted by molar-refractivity contribution is 0.0554. The molecule has 1 atom stereocenters. The lowest BCUT2D eigenvalue weighted by Crippen LogP contribution is -2.56. The second-order valence-corrected chi connectivity index (χ2v) is 5.48. The second kappa shape index (κ2) is 4.42. The zero-order valence-electron chi connectivity index (χ0n) is 10.3. The molecule has 2 N–H and O–H groups in total. The third kappa shape index (κ3) is 1.94. The molecule has 0 aromatic rings. The lowest BCUT2D eigenvalue weighted by Gasteiger charge is -2.44. The van der Waals surface area contributed by atoms with Gasteiger partial charge in [-0.1, -0.05) is 19.8 Å². The van der Waals surface area contributed by atoms with E-state index in [0.717, 1.165) is 18.5 Å². The smallest absolute Gasteiger partial charge is 0.0357 e. The van der Waals surface area contributed by atoms with Crippen molar-refractivity contribution in [2.24, 2.45) is 11.7 Å². The van der Waals surface area contributed by atoms with Gasteiger partial charge in [-0.05, 0) is 45.1 Å². The van der Waals surface area contributed by atoms with Gasteiger partial charge in [0, 0.05) is 18.1 Å². The fourth-order valence-corrected chi connectivity index (χ4v) is 3.56. The van der Waals surface area contributed by atoms with Crippen LogP contribution in [0.25, 0.3) is 0 Å². The van der Waals surface area contributed by atoms with Crippen LogP contribution in [0.1, 0.15) is 51.9 Å². The van der Waals surface area contributed by atoms with Gasteiger partial charge in [-0.15, -0.1) is 0 Å². The maximum absolute atomic E-state index is 6.09. The lowest BCUT2D eigenvalue weighted by atomic mass is 9.86. The van der Waals surface area contributed by atoms with Crippen molar-refractivity contribution in [3.8, 4) is 0 Å². The van der Waals surface area contributed by atoms with E-state index in [1.165, 1.54) is 44.9 Å². The van der Waals surface area contributed by atoms with Gasteiger partial charge in [0.05, 0.1) is 0 Å². The van der Waals surface area contributed by atoms with E-state index in [9.17, 15) is 0 Å². The van der Waals surface area contributed by atoms with Crippen molar-refractivity contribution in [3.63, 3.8) is 0 Å². The Hall–Kier alpha value is -0.0800. The van der Waals surface area contributed by atoms with Gasteiger partial charge in [0.15, 0.2) is 0 Å². The number of hydrogen-bond donors (Lipinski definition) is 1. The van der Waals surface area contributed by atoms with Crippen molar-refractivity contribution in [2.75, 3.05) is 13.6 Å². The molecule has 2 heteroatoms. The predicted octanol–water partition coefficient (Wildman–Crippen LogP) is 2.38. The highest BCUT2D eigenvalue weighted by atomic mass is 15.2. The van der Waals surface area contributed by atoms with Crippen LogP contribution in [0.5, 0.6) is 0 Å². The van der Waals surface area contributed by atoms with E-state index in [2.05, 4.69) is 18.9 Å². The third-order valence-electron chi connectivity index (χ3n) is 4.88. The molecule has 0 aliphatic heterocycles. The maximum atomic E-state index is 6.09. The average Bonchev–Trinajstić information content (AvgIpc) is 2.97. The molecule has 88 valence electrons. The number of nitrogens with zero attached hydrogens (tertiary/aromatic N) is 1. The highest BCUT2D eigenvalue weighted by Gasteiger charge is 2.47. The van der Waals surface area contributed by atoms with Gasteiger partial charge in [-0.25, -0.2) is 0 Å². The van der Waals surface area contributed by atoms with Crippen LogP contribution in [0.2, 0.25) is 0 Å². The molecule has 2 saturated carbocycles. The van der Waals surface area contributed by atoms with Gasteiger partial charge in [0.1, 0.15) is 0 Å². The van der Waals surface area contributed by atoms with Crippen molar-refractivity contribution in [2.45, 2.75) is 63.5 Å². The van der Waals surface area contributed by atoms with Crippen molar-refractivity contribution < 1.29 is 0 Å². The molecule has 0 saturated heterocycles. The highest BCUT2D eigenvalue weighted by Crippen LogP contribution is 2.46. The summed E-state index contributed by atoms with van der Waals surface area (Å²) in [6, 6.07) is 0.814. The first-order valence-corrected chi connectivity index (χ1v) is 6.67. The molecule has 15 heavy (non-hydrogen) atoms. The topological polar surface area (TPSA) is 29.3 Å². The Bertz CT molecular complexity index is 201. The fourth-order valence-electron chi connectivity index (χ4n) is 3.56. The molecule has 0 spiro atoms. The largest absolute Gasteiger partial charge is 0.329 e. The number of likely N-dealkylation sites (N-methyl/N-ethyl adjacent to an activating group) is 1. The molecule has 2 fully saturated rings. The summed E-state index contributed by atoms with van der Waals surface area (Å²) in [5, 5.41) is 0. The molecule has 1 unspecified atom stereocenters. The van der Waals surface area contributed by atoms with Crippen LogP contribution < -0.4 is 5.73 Å². The molecule has 0 radical (unpaired) electrons. The van der Waals surface area contributed by atoms with Crippen LogP contribution in [-0.4, -0.2) is 30.1 Å². The first-order valence-electron chi connectivity index (χ1n) is 6.67. The Labute approximate surface area is 94.2 Å². The van der Waals surface area contributed by atoms with Crippen LogP contribution >= 0.6 is 0 Å². The average molecular weight is 210 g/mol. The minimum absolute atomic E-state index is 0.328. The summed E-state index contributed by atoms with van der Waals surface area (Å²) in [6.07, 6.45) is 9.66. The molecular formula is C13H26N2. The minimum atomic E-state index is 0.328.